The monoisotopic (exact) mass is 164 g/mol. The van der Waals surface area contributed by atoms with Gasteiger partial charge in [0.15, 0.2) is 0 Å². The number of hydrogen-bond donors (Lipinski definition) is 0. The van der Waals surface area contributed by atoms with Crippen LogP contribution in [0.3, 0.4) is 0 Å². The van der Waals surface area contributed by atoms with Gasteiger partial charge in [-0.1, -0.05) is 22.9 Å². The Balaban J connectivity index is 3.34. The van der Waals surface area contributed by atoms with Crippen LogP contribution in [0.4, 0.5) is 0 Å². The average Bonchev–Trinajstić information content (AvgIpc) is 1.65. The van der Waals surface area contributed by atoms with Crippen molar-refractivity contribution >= 4 is 21.8 Å². The highest BCUT2D eigenvalue weighted by Crippen LogP contribution is 2.01. The Bertz CT molecular complexity index is 74.1. The van der Waals surface area contributed by atoms with Crippen molar-refractivity contribution in [1.82, 2.24) is 5.73 Å². The molecule has 0 saturated heterocycles. The SMILES string of the molecule is CCC(Br)C([NH])=O. The molecule has 0 fully saturated rings. The van der Waals surface area contributed by atoms with Crippen molar-refractivity contribution in [2.75, 3.05) is 0 Å². The van der Waals surface area contributed by atoms with Gasteiger partial charge in [0.05, 0.1) is 4.83 Å². The summed E-state index contributed by atoms with van der Waals surface area (Å²) in [4.78, 5) is 9.74. The molecule has 1 amide bonds. The quantitative estimate of drug-likeness (QED) is 0.562. The van der Waals surface area contributed by atoms with E-state index in [1.807, 2.05) is 6.92 Å². The summed E-state index contributed by atoms with van der Waals surface area (Å²) < 4.78 is 0. The molecule has 0 aromatic carbocycles. The molecule has 0 saturated carbocycles. The summed E-state index contributed by atoms with van der Waals surface area (Å²) in [7, 11) is 0. The van der Waals surface area contributed by atoms with Crippen molar-refractivity contribution in [3.63, 3.8) is 0 Å². The molecule has 0 aliphatic rings. The molecule has 0 aliphatic carbocycles. The highest BCUT2D eigenvalue weighted by Gasteiger charge is 2.05. The molecule has 1 N–H and O–H groups in total. The van der Waals surface area contributed by atoms with Gasteiger partial charge in [0.25, 0.3) is 5.91 Å². The van der Waals surface area contributed by atoms with Gasteiger partial charge in [-0.15, -0.1) is 0 Å². The first-order valence-corrected chi connectivity index (χ1v) is 2.99. The van der Waals surface area contributed by atoms with Crippen molar-refractivity contribution in [3.8, 4) is 0 Å². The second kappa shape index (κ2) is 3.02. The molecule has 0 aromatic heterocycles. The van der Waals surface area contributed by atoms with E-state index in [2.05, 4.69) is 15.9 Å². The summed E-state index contributed by atoms with van der Waals surface area (Å²) >= 11 is 3.00. The first-order valence-electron chi connectivity index (χ1n) is 2.08. The summed E-state index contributed by atoms with van der Waals surface area (Å²) in [5.41, 5.74) is 6.50. The number of rotatable bonds is 2. The van der Waals surface area contributed by atoms with Gasteiger partial charge >= 0.3 is 0 Å². The van der Waals surface area contributed by atoms with Gasteiger partial charge in [-0.3, -0.25) is 10.5 Å². The predicted octanol–water partition coefficient (Wildman–Crippen LogP) is 0.969. The number of amides is 1. The predicted molar refractivity (Wildman–Crippen MR) is 31.1 cm³/mol. The van der Waals surface area contributed by atoms with E-state index in [0.29, 0.717) is 6.42 Å². The van der Waals surface area contributed by atoms with E-state index in [0.717, 1.165) is 0 Å². The topological polar surface area (TPSA) is 40.9 Å². The van der Waals surface area contributed by atoms with Crippen LogP contribution in [0.1, 0.15) is 13.3 Å². The minimum absolute atomic E-state index is 0.257. The number of alkyl halides is 1. The molecule has 0 aromatic rings. The van der Waals surface area contributed by atoms with Gasteiger partial charge in [0.1, 0.15) is 0 Å². The zero-order valence-corrected chi connectivity index (χ0v) is 5.66. The Hall–Kier alpha value is -0.0500. The first kappa shape index (κ1) is 6.95. The largest absolute Gasteiger partial charge is 0.272 e. The van der Waals surface area contributed by atoms with Crippen LogP contribution in [0.15, 0.2) is 0 Å². The Morgan fingerprint density at radius 1 is 2.00 bits per heavy atom. The number of halogens is 1. The third kappa shape index (κ3) is 2.62. The van der Waals surface area contributed by atoms with E-state index in [1.54, 1.807) is 0 Å². The fourth-order valence-corrected chi connectivity index (χ4v) is 0.185. The van der Waals surface area contributed by atoms with Gasteiger partial charge < -0.3 is 0 Å². The first-order chi connectivity index (χ1) is 3.18. The van der Waals surface area contributed by atoms with Crippen LogP contribution in [-0.2, 0) is 4.79 Å². The number of nitrogens with one attached hydrogen (secondary N) is 1. The maximum Gasteiger partial charge on any atom is 0.252 e. The fraction of sp³-hybridized carbons (Fsp3) is 0.750. The lowest BCUT2D eigenvalue weighted by Gasteiger charge is -1.94. The molecule has 1 atom stereocenters. The molecule has 1 unspecified atom stereocenters. The molecule has 0 rings (SSSR count). The molecule has 3 heteroatoms. The average molecular weight is 165 g/mol. The highest BCUT2D eigenvalue weighted by molar-refractivity contribution is 9.10. The van der Waals surface area contributed by atoms with Crippen molar-refractivity contribution in [3.05, 3.63) is 0 Å². The van der Waals surface area contributed by atoms with Gasteiger partial charge in [0.2, 0.25) is 0 Å². The second-order valence-electron chi connectivity index (χ2n) is 1.24. The number of carbonyl (C=O) groups excluding carboxylic acids is 1. The Morgan fingerprint density at radius 2 is 2.43 bits per heavy atom. The van der Waals surface area contributed by atoms with E-state index >= 15 is 0 Å². The minimum atomic E-state index is -0.539. The Morgan fingerprint density at radius 3 is 2.43 bits per heavy atom. The van der Waals surface area contributed by atoms with E-state index in [4.69, 9.17) is 5.73 Å². The van der Waals surface area contributed by atoms with Crippen LogP contribution in [-0.4, -0.2) is 10.7 Å². The zero-order valence-electron chi connectivity index (χ0n) is 4.07. The number of carbonyl (C=O) groups is 1. The summed E-state index contributed by atoms with van der Waals surface area (Å²) in [6.07, 6.45) is 0.697. The van der Waals surface area contributed by atoms with E-state index in [9.17, 15) is 4.79 Å². The highest BCUT2D eigenvalue weighted by atomic mass is 79.9. The number of hydrogen-bond acceptors (Lipinski definition) is 1. The fourth-order valence-electron chi connectivity index (χ4n) is 0.185. The lowest BCUT2D eigenvalue weighted by Crippen LogP contribution is -2.12. The lowest BCUT2D eigenvalue weighted by atomic mass is 10.3. The van der Waals surface area contributed by atoms with E-state index in [-0.39, 0.29) is 4.83 Å². The molecular formula is C4H7BrNO. The summed E-state index contributed by atoms with van der Waals surface area (Å²) in [6, 6.07) is 0. The van der Waals surface area contributed by atoms with Crippen LogP contribution in [0.2, 0.25) is 0 Å². The molecule has 41 valence electrons. The van der Waals surface area contributed by atoms with Gasteiger partial charge in [0, 0.05) is 0 Å². The van der Waals surface area contributed by atoms with Crippen molar-refractivity contribution in [2.24, 2.45) is 0 Å². The van der Waals surface area contributed by atoms with Crippen LogP contribution < -0.4 is 5.73 Å². The second-order valence-corrected chi connectivity index (χ2v) is 2.35. The third-order valence-electron chi connectivity index (χ3n) is 0.643. The molecule has 0 spiro atoms. The smallest absolute Gasteiger partial charge is 0.252 e. The molecular weight excluding hydrogens is 158 g/mol. The van der Waals surface area contributed by atoms with Gasteiger partial charge in [-0.2, -0.15) is 0 Å². The maximum absolute atomic E-state index is 9.99. The minimum Gasteiger partial charge on any atom is -0.272 e. The molecule has 0 bridgehead atoms. The molecule has 7 heavy (non-hydrogen) atoms. The summed E-state index contributed by atoms with van der Waals surface area (Å²) in [5.74, 6) is -0.539. The maximum atomic E-state index is 9.99. The van der Waals surface area contributed by atoms with Crippen LogP contribution >= 0.6 is 15.9 Å². The Labute approximate surface area is 51.2 Å². The van der Waals surface area contributed by atoms with Gasteiger partial charge in [-0.05, 0) is 6.42 Å². The van der Waals surface area contributed by atoms with Crippen molar-refractivity contribution in [2.45, 2.75) is 18.2 Å². The van der Waals surface area contributed by atoms with E-state index in [1.165, 1.54) is 0 Å². The zero-order chi connectivity index (χ0) is 5.86. The molecule has 2 nitrogen and oxygen atoms in total. The van der Waals surface area contributed by atoms with Crippen molar-refractivity contribution < 1.29 is 4.79 Å². The van der Waals surface area contributed by atoms with Crippen molar-refractivity contribution in [1.29, 1.82) is 0 Å². The normalized spacial score (nSPS) is 13.4. The lowest BCUT2D eigenvalue weighted by molar-refractivity contribution is -0.118. The summed E-state index contributed by atoms with van der Waals surface area (Å²) in [6.45, 7) is 1.85. The van der Waals surface area contributed by atoms with Gasteiger partial charge in [-0.25, -0.2) is 0 Å². The molecule has 1 radical (unpaired) electrons. The van der Waals surface area contributed by atoms with E-state index < -0.39 is 5.91 Å². The standard InChI is InChI=1S/C4H7BrNO/c1-2-3(5)4(6)7/h3,6H,2H2,1H3. The van der Waals surface area contributed by atoms with Crippen LogP contribution in [0, 0.1) is 0 Å². The summed E-state index contributed by atoms with van der Waals surface area (Å²) in [5, 5.41) is 0. The van der Waals surface area contributed by atoms with Crippen LogP contribution in [0.25, 0.3) is 0 Å². The molecule has 0 aliphatic heterocycles. The van der Waals surface area contributed by atoms with Crippen LogP contribution in [0.5, 0.6) is 0 Å². The third-order valence-corrected chi connectivity index (χ3v) is 1.71. The Kier molecular flexibility index (Phi) is 3.00. The molecule has 0 heterocycles.